The topological polar surface area (TPSA) is 123 Å². The number of pyridine rings is 1. The summed E-state index contributed by atoms with van der Waals surface area (Å²) >= 11 is 0. The molecule has 13 heteroatoms. The van der Waals surface area contributed by atoms with Crippen LogP contribution in [-0.2, 0) is 16.3 Å². The maximum absolute atomic E-state index is 14.7. The van der Waals surface area contributed by atoms with Gasteiger partial charge in [0.15, 0.2) is 15.5 Å². The number of alkyl halides is 2. The van der Waals surface area contributed by atoms with Crippen molar-refractivity contribution in [2.24, 2.45) is 0 Å². The lowest BCUT2D eigenvalue weighted by Crippen LogP contribution is -2.63. The minimum Gasteiger partial charge on any atom is -0.435 e. The average Bonchev–Trinajstić information content (AvgIpc) is 3.03. The van der Waals surface area contributed by atoms with Crippen LogP contribution in [0.4, 0.5) is 13.2 Å². The van der Waals surface area contributed by atoms with Gasteiger partial charge < -0.3 is 15.2 Å². The molecular formula is C22H23F3N4O5S. The van der Waals surface area contributed by atoms with Crippen molar-refractivity contribution in [2.75, 3.05) is 11.5 Å². The Balaban J connectivity index is 1.77. The lowest BCUT2D eigenvalue weighted by Gasteiger charge is -2.38. The summed E-state index contributed by atoms with van der Waals surface area (Å²) in [6.07, 6.45) is 1.23. The number of amides is 1. The van der Waals surface area contributed by atoms with Gasteiger partial charge in [-0.05, 0) is 39.0 Å². The Labute approximate surface area is 198 Å². The van der Waals surface area contributed by atoms with E-state index in [2.05, 4.69) is 20.1 Å². The number of rotatable bonds is 7. The van der Waals surface area contributed by atoms with Gasteiger partial charge in [-0.25, -0.2) is 22.5 Å². The highest BCUT2D eigenvalue weighted by Crippen LogP contribution is 2.29. The number of ether oxygens (including phenoxy) is 1. The number of aromatic nitrogens is 3. The van der Waals surface area contributed by atoms with Gasteiger partial charge in [-0.2, -0.15) is 13.9 Å². The molecule has 35 heavy (non-hydrogen) atoms. The molecule has 0 radical (unpaired) electrons. The van der Waals surface area contributed by atoms with E-state index in [1.54, 1.807) is 6.92 Å². The normalized spacial score (nSPS) is 16.8. The molecule has 2 aromatic heterocycles. The van der Waals surface area contributed by atoms with Gasteiger partial charge in [0.25, 0.3) is 5.91 Å². The second-order valence-electron chi connectivity index (χ2n) is 9.48. The molecule has 188 valence electrons. The molecule has 0 unspecified atom stereocenters. The van der Waals surface area contributed by atoms with Gasteiger partial charge in [0.05, 0.1) is 33.9 Å². The van der Waals surface area contributed by atoms with Crippen molar-refractivity contribution in [1.29, 1.82) is 0 Å². The van der Waals surface area contributed by atoms with Gasteiger partial charge in [-0.1, -0.05) is 0 Å². The third kappa shape index (κ3) is 5.40. The standard InChI is InChI=1S/C22H23F3N4O5S/c1-21(2,31)8-16-14-6-12(19(30)27-22(3)10-35(32,33)11-22)9-26-18(14)29(28-16)17-7-13(34-20(24)25)4-5-15(17)23/h4-7,9,20,31H,8,10-11H2,1-3H3,(H,27,30). The second-order valence-corrected chi connectivity index (χ2v) is 11.5. The number of hydrogen-bond acceptors (Lipinski definition) is 7. The highest BCUT2D eigenvalue weighted by Gasteiger charge is 2.45. The number of carbonyl (C=O) groups excluding carboxylic acids is 1. The maximum Gasteiger partial charge on any atom is 0.387 e. The number of benzene rings is 1. The number of fused-ring (bicyclic) bond motifs is 1. The summed E-state index contributed by atoms with van der Waals surface area (Å²) in [6.45, 7) is 1.59. The number of aliphatic hydroxyl groups is 1. The van der Waals surface area contributed by atoms with E-state index in [1.165, 1.54) is 26.1 Å². The van der Waals surface area contributed by atoms with Crippen LogP contribution in [0.3, 0.4) is 0 Å². The van der Waals surface area contributed by atoms with Gasteiger partial charge in [0, 0.05) is 24.1 Å². The molecule has 1 saturated heterocycles. The summed E-state index contributed by atoms with van der Waals surface area (Å²) in [6, 6.07) is 4.50. The van der Waals surface area contributed by atoms with Crippen LogP contribution >= 0.6 is 0 Å². The van der Waals surface area contributed by atoms with Crippen LogP contribution in [0.5, 0.6) is 5.75 Å². The number of nitrogens with zero attached hydrogens (tertiary/aromatic N) is 3. The number of nitrogens with one attached hydrogen (secondary N) is 1. The third-order valence-corrected chi connectivity index (χ3v) is 7.48. The summed E-state index contributed by atoms with van der Waals surface area (Å²) in [5.74, 6) is -1.99. The zero-order chi connectivity index (χ0) is 25.8. The van der Waals surface area contributed by atoms with Gasteiger partial charge in [0.1, 0.15) is 17.3 Å². The molecule has 0 atom stereocenters. The zero-order valence-corrected chi connectivity index (χ0v) is 19.9. The molecule has 3 heterocycles. The fourth-order valence-electron chi connectivity index (χ4n) is 4.07. The minimum absolute atomic E-state index is 0.00799. The molecule has 0 aliphatic carbocycles. The van der Waals surface area contributed by atoms with Crippen LogP contribution in [0.2, 0.25) is 0 Å². The first kappa shape index (κ1) is 24.9. The number of sulfone groups is 1. The molecule has 1 fully saturated rings. The molecular weight excluding hydrogens is 489 g/mol. The van der Waals surface area contributed by atoms with E-state index >= 15 is 0 Å². The Morgan fingerprint density at radius 1 is 1.31 bits per heavy atom. The van der Waals surface area contributed by atoms with Crippen LogP contribution in [0, 0.1) is 5.82 Å². The second kappa shape index (κ2) is 8.48. The van der Waals surface area contributed by atoms with E-state index in [1.807, 2.05) is 0 Å². The van der Waals surface area contributed by atoms with Crippen LogP contribution in [0.1, 0.15) is 36.8 Å². The molecule has 2 N–H and O–H groups in total. The van der Waals surface area contributed by atoms with E-state index in [0.29, 0.717) is 5.39 Å². The van der Waals surface area contributed by atoms with Crippen LogP contribution in [0.15, 0.2) is 30.5 Å². The number of halogens is 3. The lowest BCUT2D eigenvalue weighted by molar-refractivity contribution is -0.0499. The first-order valence-electron chi connectivity index (χ1n) is 10.5. The zero-order valence-electron chi connectivity index (χ0n) is 19.0. The molecule has 1 aromatic carbocycles. The molecule has 0 bridgehead atoms. The summed E-state index contributed by atoms with van der Waals surface area (Å²) in [5, 5.41) is 17.7. The summed E-state index contributed by atoms with van der Waals surface area (Å²) < 4.78 is 68.5. The van der Waals surface area contributed by atoms with Crippen LogP contribution < -0.4 is 10.1 Å². The number of hydrogen-bond donors (Lipinski definition) is 2. The molecule has 1 aliphatic heterocycles. The van der Waals surface area contributed by atoms with Gasteiger partial charge in [-0.3, -0.25) is 4.79 Å². The van der Waals surface area contributed by atoms with E-state index in [4.69, 9.17) is 0 Å². The van der Waals surface area contributed by atoms with Gasteiger partial charge >= 0.3 is 6.61 Å². The molecule has 3 aromatic rings. The molecule has 9 nitrogen and oxygen atoms in total. The van der Waals surface area contributed by atoms with Crippen molar-refractivity contribution in [2.45, 2.75) is 44.9 Å². The molecule has 1 amide bonds. The van der Waals surface area contributed by atoms with Crippen molar-refractivity contribution in [1.82, 2.24) is 20.1 Å². The Bertz CT molecular complexity index is 1400. The van der Waals surface area contributed by atoms with E-state index in [-0.39, 0.29) is 46.3 Å². The summed E-state index contributed by atoms with van der Waals surface area (Å²) in [4.78, 5) is 17.1. The Hall–Kier alpha value is -3.19. The predicted molar refractivity (Wildman–Crippen MR) is 120 cm³/mol. The predicted octanol–water partition coefficient (Wildman–Crippen LogP) is 2.39. The van der Waals surface area contributed by atoms with Gasteiger partial charge in [0.2, 0.25) is 0 Å². The monoisotopic (exact) mass is 512 g/mol. The first-order valence-corrected chi connectivity index (χ1v) is 12.3. The van der Waals surface area contributed by atoms with Crippen molar-refractivity contribution >= 4 is 26.8 Å². The molecule has 0 saturated carbocycles. The van der Waals surface area contributed by atoms with Crippen molar-refractivity contribution in [3.8, 4) is 11.4 Å². The molecule has 4 rings (SSSR count). The first-order chi connectivity index (χ1) is 16.1. The fraction of sp³-hybridized carbons (Fsp3) is 0.409. The minimum atomic E-state index is -3.19. The third-order valence-electron chi connectivity index (χ3n) is 5.32. The molecule has 0 spiro atoms. The Morgan fingerprint density at radius 2 is 2.00 bits per heavy atom. The quantitative estimate of drug-likeness (QED) is 0.498. The maximum atomic E-state index is 14.7. The number of carbonyl (C=O) groups is 1. The van der Waals surface area contributed by atoms with Crippen molar-refractivity contribution in [3.05, 3.63) is 47.5 Å². The van der Waals surface area contributed by atoms with Crippen molar-refractivity contribution in [3.63, 3.8) is 0 Å². The Kier molecular flexibility index (Phi) is 6.04. The van der Waals surface area contributed by atoms with Crippen molar-refractivity contribution < 1.29 is 36.2 Å². The summed E-state index contributed by atoms with van der Waals surface area (Å²) in [5.41, 5.74) is -1.84. The van der Waals surface area contributed by atoms with E-state index in [9.17, 15) is 31.5 Å². The Morgan fingerprint density at radius 3 is 2.60 bits per heavy atom. The average molecular weight is 513 g/mol. The highest BCUT2D eigenvalue weighted by atomic mass is 32.2. The smallest absolute Gasteiger partial charge is 0.387 e. The van der Waals surface area contributed by atoms with E-state index in [0.717, 1.165) is 22.9 Å². The molecule has 1 aliphatic rings. The van der Waals surface area contributed by atoms with Crippen LogP contribution in [0.25, 0.3) is 16.7 Å². The highest BCUT2D eigenvalue weighted by molar-refractivity contribution is 7.93. The van der Waals surface area contributed by atoms with Gasteiger partial charge in [-0.15, -0.1) is 0 Å². The van der Waals surface area contributed by atoms with Crippen LogP contribution in [-0.4, -0.2) is 63.5 Å². The fourth-order valence-corrected chi connectivity index (χ4v) is 6.07. The summed E-state index contributed by atoms with van der Waals surface area (Å²) in [7, 11) is -3.19. The SMILES string of the molecule is CC(C)(O)Cc1nn(-c2cc(OC(F)F)ccc2F)c2ncc(C(=O)NC3(C)CS(=O)(=O)C3)cc12. The largest absolute Gasteiger partial charge is 0.435 e. The van der Waals surface area contributed by atoms with E-state index < -0.39 is 39.3 Å². The lowest BCUT2D eigenvalue weighted by atomic mass is 10.0.